The summed E-state index contributed by atoms with van der Waals surface area (Å²) in [7, 11) is 0. The zero-order valence-corrected chi connectivity index (χ0v) is 16.7. The van der Waals surface area contributed by atoms with Crippen LogP contribution in [0.3, 0.4) is 0 Å². The highest BCUT2D eigenvalue weighted by atomic mass is 16.6. The van der Waals surface area contributed by atoms with Crippen LogP contribution < -0.4 is 4.90 Å². The van der Waals surface area contributed by atoms with Crippen LogP contribution in [0.5, 0.6) is 0 Å². The van der Waals surface area contributed by atoms with Gasteiger partial charge in [-0.3, -0.25) is 4.79 Å². The Bertz CT molecular complexity index is 692. The van der Waals surface area contributed by atoms with Gasteiger partial charge in [-0.25, -0.2) is 4.79 Å². The topological polar surface area (TPSA) is 88.9 Å². The second-order valence-corrected chi connectivity index (χ2v) is 6.92. The van der Waals surface area contributed by atoms with Crippen molar-refractivity contribution in [3.63, 3.8) is 0 Å². The van der Waals surface area contributed by atoms with Crippen molar-refractivity contribution >= 4 is 17.6 Å². The minimum absolute atomic E-state index is 0.0114. The minimum atomic E-state index is -0.985. The molecule has 1 amide bonds. The standard InChI is InChI=1S/C21H28N2O5/c1-15-7-9-18(10-8-15)23(12-5-11-22)20(24)16(2)28-21(25)17(3)27-14-19-6-4-13-26-19/h7-10,16-17,19H,4-6,12-14H2,1-3H3. The molecule has 1 heterocycles. The average Bonchev–Trinajstić information content (AvgIpc) is 3.21. The number of esters is 1. The first-order valence-corrected chi connectivity index (χ1v) is 9.61. The molecule has 3 unspecified atom stereocenters. The zero-order valence-electron chi connectivity index (χ0n) is 16.7. The van der Waals surface area contributed by atoms with Gasteiger partial charge in [0.2, 0.25) is 0 Å². The second-order valence-electron chi connectivity index (χ2n) is 6.92. The molecule has 1 aliphatic rings. The first-order valence-electron chi connectivity index (χ1n) is 9.61. The number of carbonyl (C=O) groups excluding carboxylic acids is 2. The highest BCUT2D eigenvalue weighted by Crippen LogP contribution is 2.18. The number of anilines is 1. The van der Waals surface area contributed by atoms with Crippen LogP contribution in [0.25, 0.3) is 0 Å². The van der Waals surface area contributed by atoms with Crippen molar-refractivity contribution in [1.29, 1.82) is 5.26 Å². The molecule has 0 spiro atoms. The van der Waals surface area contributed by atoms with E-state index in [1.807, 2.05) is 37.3 Å². The van der Waals surface area contributed by atoms with E-state index in [2.05, 4.69) is 0 Å². The Balaban J connectivity index is 1.93. The largest absolute Gasteiger partial charge is 0.451 e. The van der Waals surface area contributed by atoms with Gasteiger partial charge in [0.1, 0.15) is 0 Å². The molecule has 1 aliphatic heterocycles. The Kier molecular flexibility index (Phi) is 8.42. The normalized spacial score (nSPS) is 18.1. The Morgan fingerprint density at radius 1 is 1.29 bits per heavy atom. The monoisotopic (exact) mass is 388 g/mol. The molecule has 7 heteroatoms. The summed E-state index contributed by atoms with van der Waals surface area (Å²) in [6.45, 7) is 6.35. The van der Waals surface area contributed by atoms with Crippen LogP contribution in [0, 0.1) is 18.3 Å². The summed E-state index contributed by atoms with van der Waals surface area (Å²) in [4.78, 5) is 26.6. The second kappa shape index (κ2) is 10.8. The third-order valence-corrected chi connectivity index (χ3v) is 4.59. The molecule has 0 aromatic heterocycles. The molecule has 2 rings (SSSR count). The highest BCUT2D eigenvalue weighted by Gasteiger charge is 2.28. The van der Waals surface area contributed by atoms with Crippen LogP contribution in [0.2, 0.25) is 0 Å². The van der Waals surface area contributed by atoms with Crippen molar-refractivity contribution in [2.45, 2.75) is 58.3 Å². The van der Waals surface area contributed by atoms with E-state index in [1.54, 1.807) is 6.92 Å². The number of hydrogen-bond acceptors (Lipinski definition) is 6. The van der Waals surface area contributed by atoms with Gasteiger partial charge < -0.3 is 19.1 Å². The Morgan fingerprint density at radius 2 is 2.00 bits per heavy atom. The van der Waals surface area contributed by atoms with E-state index < -0.39 is 18.2 Å². The van der Waals surface area contributed by atoms with Crippen LogP contribution >= 0.6 is 0 Å². The SMILES string of the molecule is Cc1ccc(N(CCC#N)C(=O)C(C)OC(=O)C(C)OCC2CCCO2)cc1. The molecule has 1 saturated heterocycles. The molecule has 7 nitrogen and oxygen atoms in total. The molecule has 1 aromatic carbocycles. The van der Waals surface area contributed by atoms with E-state index in [-0.39, 0.29) is 25.0 Å². The molecule has 0 saturated carbocycles. The molecule has 0 aliphatic carbocycles. The number of amides is 1. The number of ether oxygens (including phenoxy) is 3. The fourth-order valence-corrected chi connectivity index (χ4v) is 2.89. The minimum Gasteiger partial charge on any atom is -0.451 e. The molecular formula is C21H28N2O5. The molecule has 3 atom stereocenters. The van der Waals surface area contributed by atoms with E-state index in [0.717, 1.165) is 25.0 Å². The maximum absolute atomic E-state index is 12.8. The lowest BCUT2D eigenvalue weighted by Crippen LogP contribution is -2.42. The molecule has 1 aromatic rings. The predicted molar refractivity (Wildman–Crippen MR) is 104 cm³/mol. The van der Waals surface area contributed by atoms with Crippen LogP contribution in [0.15, 0.2) is 24.3 Å². The third kappa shape index (κ3) is 6.32. The molecule has 0 N–H and O–H groups in total. The number of carbonyl (C=O) groups is 2. The number of nitrogens with zero attached hydrogens (tertiary/aromatic N) is 2. The Morgan fingerprint density at radius 3 is 2.61 bits per heavy atom. The smallest absolute Gasteiger partial charge is 0.335 e. The van der Waals surface area contributed by atoms with Crippen molar-refractivity contribution < 1.29 is 23.8 Å². The fraction of sp³-hybridized carbons (Fsp3) is 0.571. The van der Waals surface area contributed by atoms with Gasteiger partial charge in [-0.2, -0.15) is 5.26 Å². The van der Waals surface area contributed by atoms with Crippen molar-refractivity contribution in [2.24, 2.45) is 0 Å². The molecule has 28 heavy (non-hydrogen) atoms. The summed E-state index contributed by atoms with van der Waals surface area (Å²) >= 11 is 0. The summed E-state index contributed by atoms with van der Waals surface area (Å²) in [5, 5.41) is 8.89. The number of hydrogen-bond donors (Lipinski definition) is 0. The van der Waals surface area contributed by atoms with Gasteiger partial charge in [-0.1, -0.05) is 17.7 Å². The van der Waals surface area contributed by atoms with Crippen molar-refractivity contribution in [3.05, 3.63) is 29.8 Å². The van der Waals surface area contributed by atoms with Gasteiger partial charge in [-0.15, -0.1) is 0 Å². The first kappa shape index (κ1) is 21.9. The number of aryl methyl sites for hydroxylation is 1. The van der Waals surface area contributed by atoms with Crippen LogP contribution in [0.1, 0.15) is 38.7 Å². The quantitative estimate of drug-likeness (QED) is 0.605. The predicted octanol–water partition coefficient (Wildman–Crippen LogP) is 2.76. The Labute approximate surface area is 166 Å². The van der Waals surface area contributed by atoms with Gasteiger partial charge in [0.05, 0.1) is 25.2 Å². The fourth-order valence-electron chi connectivity index (χ4n) is 2.89. The van der Waals surface area contributed by atoms with E-state index >= 15 is 0 Å². The van der Waals surface area contributed by atoms with E-state index in [1.165, 1.54) is 11.8 Å². The van der Waals surface area contributed by atoms with Gasteiger partial charge >= 0.3 is 5.97 Å². The lowest BCUT2D eigenvalue weighted by Gasteiger charge is -2.26. The summed E-state index contributed by atoms with van der Waals surface area (Å²) in [5.74, 6) is -0.971. The van der Waals surface area contributed by atoms with Crippen LogP contribution in [-0.4, -0.2) is 49.9 Å². The summed E-state index contributed by atoms with van der Waals surface area (Å²) in [5.41, 5.74) is 1.73. The molecular weight excluding hydrogens is 360 g/mol. The average molecular weight is 388 g/mol. The number of nitriles is 1. The number of benzene rings is 1. The van der Waals surface area contributed by atoms with Crippen molar-refractivity contribution in [1.82, 2.24) is 0 Å². The first-order chi connectivity index (χ1) is 13.4. The summed E-state index contributed by atoms with van der Waals surface area (Å²) < 4.78 is 16.3. The van der Waals surface area contributed by atoms with E-state index in [0.29, 0.717) is 12.3 Å². The molecule has 0 bridgehead atoms. The third-order valence-electron chi connectivity index (χ3n) is 4.59. The lowest BCUT2D eigenvalue weighted by atomic mass is 10.2. The highest BCUT2D eigenvalue weighted by molar-refractivity contribution is 5.97. The van der Waals surface area contributed by atoms with E-state index in [9.17, 15) is 9.59 Å². The van der Waals surface area contributed by atoms with Gasteiger partial charge in [-0.05, 0) is 45.7 Å². The zero-order chi connectivity index (χ0) is 20.5. The summed E-state index contributed by atoms with van der Waals surface area (Å²) in [6, 6.07) is 9.44. The van der Waals surface area contributed by atoms with Gasteiger partial charge in [0.15, 0.2) is 12.2 Å². The van der Waals surface area contributed by atoms with Crippen molar-refractivity contribution in [3.8, 4) is 6.07 Å². The van der Waals surface area contributed by atoms with Gasteiger partial charge in [0, 0.05) is 18.8 Å². The summed E-state index contributed by atoms with van der Waals surface area (Å²) in [6.07, 6.45) is 0.336. The molecule has 1 fully saturated rings. The number of rotatable bonds is 9. The van der Waals surface area contributed by atoms with Crippen molar-refractivity contribution in [2.75, 3.05) is 24.7 Å². The maximum atomic E-state index is 12.8. The Hall–Kier alpha value is -2.43. The van der Waals surface area contributed by atoms with Crippen LogP contribution in [-0.2, 0) is 23.8 Å². The van der Waals surface area contributed by atoms with Crippen LogP contribution in [0.4, 0.5) is 5.69 Å². The van der Waals surface area contributed by atoms with Gasteiger partial charge in [0.25, 0.3) is 5.91 Å². The maximum Gasteiger partial charge on any atom is 0.335 e. The van der Waals surface area contributed by atoms with E-state index in [4.69, 9.17) is 19.5 Å². The lowest BCUT2D eigenvalue weighted by molar-refractivity contribution is -0.165. The molecule has 152 valence electrons. The molecule has 0 radical (unpaired) electrons.